The molecule has 12 rings (SSSR count). The van der Waals surface area contributed by atoms with E-state index >= 15 is 14.4 Å². The molecule has 18 unspecified atom stereocenters. The number of phenolic OH excluding ortho intramolecular Hbond substituents is 3. The van der Waals surface area contributed by atoms with Crippen molar-refractivity contribution in [3.63, 3.8) is 0 Å². The number of likely N-dealkylation sites (N-methyl/N-ethyl adjacent to an activating group) is 1. The molecule has 11 bridgehead atoms. The number of aliphatic hydroxyl groups excluding tert-OH is 6. The molecule has 7 aliphatic heterocycles. The molecule has 7 amide bonds. The Balaban J connectivity index is 0.000000878. The molecule has 37 heteroatoms. The number of benzene rings is 5. The van der Waals surface area contributed by atoms with Gasteiger partial charge in [0, 0.05) is 41.1 Å². The van der Waals surface area contributed by atoms with Gasteiger partial charge < -0.3 is 133 Å². The molecule has 7 heterocycles. The number of nitrogens with one attached hydrogen (secondary N) is 7. The first-order chi connectivity index (χ1) is 55.4. The number of carboxylic acids is 2. The molecular formula is C80H103Cl2N9O26. The zero-order valence-electron chi connectivity index (χ0n) is 65.2. The zero-order valence-corrected chi connectivity index (χ0v) is 66.7. The first kappa shape index (κ1) is 91.2. The Bertz CT molecular complexity index is 4420. The van der Waals surface area contributed by atoms with E-state index in [1.807, 2.05) is 13.8 Å². The Kier molecular flexibility index (Phi) is 31.7. The van der Waals surface area contributed by atoms with E-state index in [0.29, 0.717) is 6.42 Å². The van der Waals surface area contributed by atoms with Crippen molar-refractivity contribution in [1.82, 2.24) is 37.2 Å². The fourth-order valence-electron chi connectivity index (χ4n) is 14.4. The van der Waals surface area contributed by atoms with E-state index in [1.165, 1.54) is 90.8 Å². The minimum atomic E-state index is -2.35. The highest BCUT2D eigenvalue weighted by Crippen LogP contribution is 2.50. The number of halogens is 2. The van der Waals surface area contributed by atoms with E-state index in [-0.39, 0.29) is 46.2 Å². The number of carbonyl (C=O) groups excluding carboxylic acids is 7. The zero-order chi connectivity index (χ0) is 85.6. The van der Waals surface area contributed by atoms with Crippen molar-refractivity contribution >= 4 is 76.5 Å². The summed E-state index contributed by atoms with van der Waals surface area (Å²) in [4.78, 5) is 127. The Morgan fingerprint density at radius 1 is 0.658 bits per heavy atom. The molecule has 0 saturated carbocycles. The first-order valence-corrected chi connectivity index (χ1v) is 39.4. The number of aromatic hydroxyl groups is 3. The third-order valence-electron chi connectivity index (χ3n) is 20.8. The molecule has 0 aromatic heterocycles. The Hall–Kier alpha value is -9.73. The largest absolute Gasteiger partial charge is 0.508 e. The van der Waals surface area contributed by atoms with Crippen LogP contribution in [0.15, 0.2) is 78.9 Å². The lowest BCUT2D eigenvalue weighted by molar-refractivity contribution is -0.333. The lowest BCUT2D eigenvalue weighted by Crippen LogP contribution is -2.64. The minimum absolute atomic E-state index is 0.0975. The number of amides is 7. The number of carbonyl (C=O) groups is 9. The molecule has 5 aromatic carbocycles. The van der Waals surface area contributed by atoms with E-state index in [1.54, 1.807) is 0 Å². The molecule has 7 aliphatic rings. The number of ether oxygens (including phenoxy) is 6. The standard InChI is InChI=1S/C66H75Cl2N9O24.C14H28O2/c1-23(2)12-34(71-5)58(88)76-49-51(83)26-7-10-38(32(67)14-26)97-40-16-28-17-41(55(40)101-65-56(54(86)53(85)42(22-78)99-65)100-44-21-66(4,70)57(87)24(3)96-44)98-39-11-8-27(15-33(39)68)52(84)50-63(93)75-48(64(94)95)31-18-29(79)19-37(81)45(31)30-13-25(6-9-36(30)80)46(60(90)77-50)74-61(91)47(28)73-59(89)35(20-43(69)82)72-62(49)92;1-2-3-4-5-6-7-8-9-10-11-12-13-14(15)16/h6-11,13-19,23-24,34-35,42,44,46-54,56-57,65,71,78-81,83-87H,12,20-22,70H2,1-5H3,(H2,69,82)(H,72,92)(H,73,89)(H,74,91)(H,75,93)(H,76,88)(H,77,90)(H,94,95);2-13H2,1H3,(H,15,16). The van der Waals surface area contributed by atoms with E-state index in [9.17, 15) is 79.8 Å². The van der Waals surface area contributed by atoms with Gasteiger partial charge in [-0.15, -0.1) is 0 Å². The van der Waals surface area contributed by atoms with Crippen molar-refractivity contribution in [3.8, 4) is 57.1 Å². The van der Waals surface area contributed by atoms with Gasteiger partial charge in [-0.1, -0.05) is 126 Å². The van der Waals surface area contributed by atoms with E-state index in [2.05, 4.69) is 44.1 Å². The summed E-state index contributed by atoms with van der Waals surface area (Å²) in [5.74, 6) is -16.6. The lowest BCUT2D eigenvalue weighted by atomic mass is 9.86. The molecule has 2 fully saturated rings. The average Bonchev–Trinajstić information content (AvgIpc) is 0.765. The van der Waals surface area contributed by atoms with Crippen LogP contribution in [0.4, 0.5) is 0 Å². The average molecular weight is 1680 g/mol. The SMILES string of the molecule is CCCCCCCCCCCCCC(=O)O.CNC(CC(C)C)C(=O)NC1C(=O)NC(CC(N)=O)C(=O)NC2C(=O)NC3C(=O)NC(C(=O)NC(C(=O)O)c4cc(O)cc(O)c4-c4cc3ccc4O)C(O)c3ccc(c(Cl)c3)Oc3cc2cc(c3OC2OC(CO)C(O)C(O)C2OC2CC(C)(N)C(O)C(C)O2)Oc2ccc(cc2Cl)C1O. The second kappa shape index (κ2) is 40.6. The van der Waals surface area contributed by atoms with Crippen molar-refractivity contribution in [2.24, 2.45) is 17.4 Å². The van der Waals surface area contributed by atoms with Gasteiger partial charge in [-0.25, -0.2) is 4.79 Å². The second-order valence-electron chi connectivity index (χ2n) is 30.4. The highest BCUT2D eigenvalue weighted by Gasteiger charge is 2.52. The van der Waals surface area contributed by atoms with Crippen LogP contribution in [-0.4, -0.2) is 202 Å². The number of nitrogens with two attached hydrogens (primary N) is 2. The van der Waals surface area contributed by atoms with Crippen molar-refractivity contribution < 1.29 is 128 Å². The van der Waals surface area contributed by atoms with Crippen molar-refractivity contribution in [2.45, 2.75) is 240 Å². The minimum Gasteiger partial charge on any atom is -0.508 e. The molecule has 35 nitrogen and oxygen atoms in total. The fourth-order valence-corrected chi connectivity index (χ4v) is 14.9. The van der Waals surface area contributed by atoms with Crippen LogP contribution in [0.3, 0.4) is 0 Å². The quantitative estimate of drug-likeness (QED) is 0.0346. The molecule has 0 aliphatic carbocycles. The van der Waals surface area contributed by atoms with Crippen molar-refractivity contribution in [2.75, 3.05) is 13.7 Å². The predicted molar refractivity (Wildman–Crippen MR) is 418 cm³/mol. The number of hydrogen-bond donors (Lipinski definition) is 20. The van der Waals surface area contributed by atoms with Crippen LogP contribution in [0.25, 0.3) is 11.1 Å². The number of hydrogen-bond acceptors (Lipinski definition) is 26. The lowest BCUT2D eigenvalue weighted by Gasteiger charge is -2.47. The van der Waals surface area contributed by atoms with Gasteiger partial charge >= 0.3 is 11.9 Å². The molecule has 2 saturated heterocycles. The van der Waals surface area contributed by atoms with E-state index < -0.39 is 243 Å². The maximum absolute atomic E-state index is 16.0. The Labute approximate surface area is 683 Å². The molecule has 638 valence electrons. The summed E-state index contributed by atoms with van der Waals surface area (Å²) in [6.07, 6.45) is -4.19. The summed E-state index contributed by atoms with van der Waals surface area (Å²) in [6.45, 7) is 7.91. The Morgan fingerprint density at radius 3 is 1.79 bits per heavy atom. The summed E-state index contributed by atoms with van der Waals surface area (Å²) in [5, 5.41) is 139. The van der Waals surface area contributed by atoms with Crippen LogP contribution in [0.2, 0.25) is 10.0 Å². The number of aliphatic hydroxyl groups is 6. The summed E-state index contributed by atoms with van der Waals surface area (Å²) in [5.41, 5.74) is 8.00. The number of carboxylic acid groups (broad SMARTS) is 2. The maximum Gasteiger partial charge on any atom is 0.330 e. The molecule has 0 spiro atoms. The van der Waals surface area contributed by atoms with E-state index in [4.69, 9.17) is 68.2 Å². The summed E-state index contributed by atoms with van der Waals surface area (Å²) < 4.78 is 38.3. The maximum atomic E-state index is 16.0. The topological polar surface area (TPSA) is 568 Å². The first-order valence-electron chi connectivity index (χ1n) is 38.6. The van der Waals surface area contributed by atoms with E-state index in [0.717, 1.165) is 79.6 Å². The van der Waals surface area contributed by atoms with Crippen molar-refractivity contribution in [1.29, 1.82) is 0 Å². The van der Waals surface area contributed by atoms with Gasteiger partial charge in [0.15, 0.2) is 29.9 Å². The third-order valence-corrected chi connectivity index (χ3v) is 21.4. The summed E-state index contributed by atoms with van der Waals surface area (Å²) >= 11 is 14.1. The second-order valence-corrected chi connectivity index (χ2v) is 31.2. The summed E-state index contributed by atoms with van der Waals surface area (Å²) in [6, 6.07) is -0.679. The van der Waals surface area contributed by atoms with Gasteiger partial charge in [0.25, 0.3) is 0 Å². The number of unbranched alkanes of at least 4 members (excludes halogenated alkanes) is 10. The molecule has 5 aromatic rings. The van der Waals surface area contributed by atoms with Crippen LogP contribution in [0.1, 0.15) is 189 Å². The van der Waals surface area contributed by atoms with Gasteiger partial charge in [-0.2, -0.15) is 0 Å². The van der Waals surface area contributed by atoms with Gasteiger partial charge in [0.2, 0.25) is 53.4 Å². The molecular weight excluding hydrogens is 1570 g/mol. The van der Waals surface area contributed by atoms with Crippen LogP contribution in [-0.2, 0) is 57.4 Å². The molecule has 117 heavy (non-hydrogen) atoms. The number of phenols is 3. The highest BCUT2D eigenvalue weighted by atomic mass is 35.5. The monoisotopic (exact) mass is 1680 g/mol. The van der Waals surface area contributed by atoms with Crippen LogP contribution >= 0.6 is 23.2 Å². The number of aliphatic carboxylic acids is 2. The Morgan fingerprint density at radius 2 is 1.23 bits per heavy atom. The smallest absolute Gasteiger partial charge is 0.330 e. The molecule has 18 atom stereocenters. The summed E-state index contributed by atoms with van der Waals surface area (Å²) in [7, 11) is 1.47. The molecule has 0 radical (unpaired) electrons. The number of rotatable bonds is 25. The number of primary amides is 1. The van der Waals surface area contributed by atoms with Gasteiger partial charge in [-0.05, 0) is 117 Å². The van der Waals surface area contributed by atoms with Crippen LogP contribution < -0.4 is 62.9 Å². The third kappa shape index (κ3) is 22.8. The van der Waals surface area contributed by atoms with Gasteiger partial charge in [0.1, 0.15) is 89.5 Å². The van der Waals surface area contributed by atoms with Crippen LogP contribution in [0, 0.1) is 5.92 Å². The normalized spacial score (nSPS) is 26.9. The molecule has 22 N–H and O–H groups in total. The van der Waals surface area contributed by atoms with Gasteiger partial charge in [-0.3, -0.25) is 38.4 Å². The van der Waals surface area contributed by atoms with Gasteiger partial charge in [0.05, 0.1) is 41.3 Å². The van der Waals surface area contributed by atoms with Crippen molar-refractivity contribution in [3.05, 3.63) is 117 Å². The fraction of sp³-hybridized carbons (Fsp3) is 0.512. The predicted octanol–water partition coefficient (Wildman–Crippen LogP) is 4.88. The highest BCUT2D eigenvalue weighted by molar-refractivity contribution is 6.32. The number of fused-ring (bicyclic) bond motifs is 15. The van der Waals surface area contributed by atoms with Crippen LogP contribution in [0.5, 0.6) is 46.0 Å².